The maximum Gasteiger partial charge on any atom is 0.0541 e. The number of nitrogens with zero attached hydrogens (tertiary/aromatic N) is 2. The lowest BCUT2D eigenvalue weighted by Gasteiger charge is -2.27. The summed E-state index contributed by atoms with van der Waals surface area (Å²) in [6.07, 6.45) is 18.1. The van der Waals surface area contributed by atoms with E-state index in [0.29, 0.717) is 0 Å². The average Bonchev–Trinajstić information content (AvgIpc) is 3.80. The summed E-state index contributed by atoms with van der Waals surface area (Å²) < 4.78 is 2.34. The van der Waals surface area contributed by atoms with Gasteiger partial charge < -0.3 is 9.47 Å². The largest absolute Gasteiger partial charge is 0.316 e. The third kappa shape index (κ3) is 8.71. The number of para-hydroxylation sites is 1. The van der Waals surface area contributed by atoms with Gasteiger partial charge in [0.15, 0.2) is 0 Å². The van der Waals surface area contributed by atoms with Crippen molar-refractivity contribution in [3.05, 3.63) is 302 Å². The van der Waals surface area contributed by atoms with E-state index in [9.17, 15) is 0 Å². The second kappa shape index (κ2) is 19.7. The zero-order valence-electron chi connectivity index (χ0n) is 39.3. The molecule has 1 heterocycles. The molecule has 70 heavy (non-hydrogen) atoms. The van der Waals surface area contributed by atoms with Crippen LogP contribution in [0.2, 0.25) is 0 Å². The Morgan fingerprint density at radius 2 is 1.13 bits per heavy atom. The number of hydrogen-bond donors (Lipinski definition) is 0. The van der Waals surface area contributed by atoms with Crippen molar-refractivity contribution in [2.45, 2.75) is 13.3 Å². The first kappa shape index (κ1) is 43.6. The monoisotopic (exact) mass is 896 g/mol. The van der Waals surface area contributed by atoms with Crippen LogP contribution in [0.3, 0.4) is 0 Å². The number of benzene rings is 10. The van der Waals surface area contributed by atoms with Crippen LogP contribution in [0.25, 0.3) is 76.7 Å². The van der Waals surface area contributed by atoms with Gasteiger partial charge in [0.05, 0.1) is 5.52 Å². The topological polar surface area (TPSA) is 8.17 Å². The summed E-state index contributed by atoms with van der Waals surface area (Å²) in [5.74, 6) is 0. The first-order valence-corrected chi connectivity index (χ1v) is 24.1. The first-order chi connectivity index (χ1) is 34.6. The first-order valence-electron chi connectivity index (χ1n) is 24.1. The van der Waals surface area contributed by atoms with Crippen LogP contribution in [0.15, 0.2) is 285 Å². The molecule has 11 aromatic rings. The van der Waals surface area contributed by atoms with Gasteiger partial charge in [-0.05, 0) is 145 Å². The molecular formula is C68H52N2. The summed E-state index contributed by atoms with van der Waals surface area (Å²) in [6, 6.07) is 81.2. The molecule has 0 aliphatic carbocycles. The van der Waals surface area contributed by atoms with Crippen molar-refractivity contribution in [3.8, 4) is 27.9 Å². The fourth-order valence-corrected chi connectivity index (χ4v) is 9.95. The van der Waals surface area contributed by atoms with Gasteiger partial charge in [0.2, 0.25) is 0 Å². The van der Waals surface area contributed by atoms with Crippen molar-refractivity contribution in [2.24, 2.45) is 0 Å². The molecule has 0 saturated heterocycles. The fourth-order valence-electron chi connectivity index (χ4n) is 9.95. The van der Waals surface area contributed by atoms with Gasteiger partial charge in [-0.25, -0.2) is 0 Å². The highest BCUT2D eigenvalue weighted by molar-refractivity contribution is 6.08. The Morgan fingerprint density at radius 1 is 0.500 bits per heavy atom. The Balaban J connectivity index is 1.02. The molecule has 0 N–H and O–H groups in total. The molecule has 2 nitrogen and oxygen atoms in total. The molecule has 334 valence electrons. The smallest absolute Gasteiger partial charge is 0.0541 e. The highest BCUT2D eigenvalue weighted by Gasteiger charge is 2.19. The van der Waals surface area contributed by atoms with Gasteiger partial charge in [-0.3, -0.25) is 0 Å². The molecule has 1 aromatic heterocycles. The van der Waals surface area contributed by atoms with Crippen molar-refractivity contribution < 1.29 is 0 Å². The second-order valence-electron chi connectivity index (χ2n) is 17.7. The van der Waals surface area contributed by atoms with E-state index < -0.39 is 0 Å². The molecule has 0 atom stereocenters. The maximum absolute atomic E-state index is 4.22. The van der Waals surface area contributed by atoms with Crippen molar-refractivity contribution in [1.82, 2.24) is 4.57 Å². The highest BCUT2D eigenvalue weighted by atomic mass is 15.1. The molecule has 11 rings (SSSR count). The van der Waals surface area contributed by atoms with E-state index >= 15 is 0 Å². The van der Waals surface area contributed by atoms with Crippen molar-refractivity contribution in [3.63, 3.8) is 0 Å². The van der Waals surface area contributed by atoms with E-state index in [0.717, 1.165) is 57.0 Å². The van der Waals surface area contributed by atoms with E-state index in [-0.39, 0.29) is 0 Å². The summed E-state index contributed by atoms with van der Waals surface area (Å²) in [7, 11) is 0. The van der Waals surface area contributed by atoms with E-state index in [2.05, 4.69) is 290 Å². The van der Waals surface area contributed by atoms with E-state index in [1.807, 2.05) is 6.08 Å². The molecule has 0 radical (unpaired) electrons. The molecule has 0 spiro atoms. The van der Waals surface area contributed by atoms with Crippen LogP contribution >= 0.6 is 0 Å². The Bertz CT molecular complexity index is 3800. The minimum absolute atomic E-state index is 0.785. The van der Waals surface area contributed by atoms with Gasteiger partial charge in [0.1, 0.15) is 0 Å². The minimum atomic E-state index is 0.785. The van der Waals surface area contributed by atoms with E-state index in [1.165, 1.54) is 60.0 Å². The number of hydrogen-bond acceptors (Lipinski definition) is 1. The molecule has 0 fully saturated rings. The summed E-state index contributed by atoms with van der Waals surface area (Å²) in [6.45, 7) is 6.30. The fraction of sp³-hybridized carbons (Fsp3) is 0.0294. The molecule has 10 aromatic carbocycles. The maximum atomic E-state index is 4.22. The van der Waals surface area contributed by atoms with Crippen molar-refractivity contribution in [1.29, 1.82) is 0 Å². The quantitative estimate of drug-likeness (QED) is 0.0827. The molecule has 2 heteroatoms. The summed E-state index contributed by atoms with van der Waals surface area (Å²) in [5.41, 5.74) is 14.8. The number of fused-ring (bicyclic) bond motifs is 5. The lowest BCUT2D eigenvalue weighted by molar-refractivity contribution is 1.12. The van der Waals surface area contributed by atoms with Crippen LogP contribution in [-0.4, -0.2) is 4.57 Å². The van der Waals surface area contributed by atoms with Crippen LogP contribution in [0.5, 0.6) is 0 Å². The normalized spacial score (nSPS) is 12.2. The average molecular weight is 897 g/mol. The van der Waals surface area contributed by atoms with E-state index in [4.69, 9.17) is 0 Å². The standard InChI is InChI=1S/C68H52N2/c1-3-5-32-64(67-48-69(58-28-10-7-11-29-58)68-47-55(40-44-66(67)68)49-20-8-6-9-21-49)56-27-18-31-61(46-56)70(59(19-4-2)30-17-26-52-25-16-24-51-22-12-14-33-62(51)52)60-41-37-50(38-42-60)54-39-43-65-57(45-54)36-35-53-23-13-15-34-63(53)65/h3-25,27-48H,2,26H2,1H3/b5-3-,30-17-,59-19+,64-32-. The van der Waals surface area contributed by atoms with Crippen LogP contribution in [0, 0.1) is 0 Å². The molecule has 0 bridgehead atoms. The third-order valence-electron chi connectivity index (χ3n) is 13.4. The summed E-state index contributed by atoms with van der Waals surface area (Å²) in [5, 5.41) is 8.74. The Kier molecular flexibility index (Phi) is 12.3. The predicted octanol–water partition coefficient (Wildman–Crippen LogP) is 18.4. The van der Waals surface area contributed by atoms with E-state index in [1.54, 1.807) is 0 Å². The summed E-state index contributed by atoms with van der Waals surface area (Å²) in [4.78, 5) is 2.35. The molecule has 0 amide bonds. The lowest BCUT2D eigenvalue weighted by atomic mass is 9.95. The van der Waals surface area contributed by atoms with Crippen molar-refractivity contribution in [2.75, 3.05) is 4.90 Å². The van der Waals surface area contributed by atoms with Gasteiger partial charge in [-0.2, -0.15) is 0 Å². The van der Waals surface area contributed by atoms with Crippen LogP contribution < -0.4 is 4.90 Å². The Labute approximate surface area is 411 Å². The van der Waals surface area contributed by atoms with Gasteiger partial charge in [-0.1, -0.05) is 213 Å². The number of allylic oxidation sites excluding steroid dienone is 7. The minimum Gasteiger partial charge on any atom is -0.316 e. The van der Waals surface area contributed by atoms with Gasteiger partial charge >= 0.3 is 0 Å². The molecule has 0 aliphatic rings. The van der Waals surface area contributed by atoms with Crippen LogP contribution in [0.1, 0.15) is 23.6 Å². The predicted molar refractivity (Wildman–Crippen MR) is 301 cm³/mol. The number of rotatable bonds is 13. The van der Waals surface area contributed by atoms with Crippen LogP contribution in [-0.2, 0) is 6.42 Å². The Morgan fingerprint density at radius 3 is 1.91 bits per heavy atom. The van der Waals surface area contributed by atoms with Gasteiger partial charge in [0, 0.05) is 39.9 Å². The number of aromatic nitrogens is 1. The molecule has 0 saturated carbocycles. The van der Waals surface area contributed by atoms with Crippen LogP contribution in [0.4, 0.5) is 11.4 Å². The molecule has 0 aliphatic heterocycles. The van der Waals surface area contributed by atoms with Gasteiger partial charge in [-0.15, -0.1) is 0 Å². The SMILES string of the molecule is C=C/C=C(\C=C/Cc1cccc2ccccc12)N(c1ccc(-c2ccc3c(ccc4ccccc43)c2)cc1)c1cccc(/C(=C/C=C\C)c2cn(-c3ccccc3)c3cc(-c4ccccc4)ccc23)c1. The Hall–Kier alpha value is -8.98. The zero-order chi connectivity index (χ0) is 47.2. The van der Waals surface area contributed by atoms with Crippen molar-refractivity contribution >= 4 is 60.2 Å². The summed E-state index contributed by atoms with van der Waals surface area (Å²) >= 11 is 0. The molecule has 0 unspecified atom stereocenters. The lowest BCUT2D eigenvalue weighted by Crippen LogP contribution is -2.15. The second-order valence-corrected chi connectivity index (χ2v) is 17.7. The molecular weight excluding hydrogens is 845 g/mol. The third-order valence-corrected chi connectivity index (χ3v) is 13.4. The highest BCUT2D eigenvalue weighted by Crippen LogP contribution is 2.40. The number of anilines is 2. The zero-order valence-corrected chi connectivity index (χ0v) is 39.3. The van der Waals surface area contributed by atoms with Gasteiger partial charge in [0.25, 0.3) is 0 Å².